The van der Waals surface area contributed by atoms with Gasteiger partial charge in [0, 0.05) is 18.2 Å². The Hall–Kier alpha value is -2.30. The molecule has 0 spiro atoms. The van der Waals surface area contributed by atoms with Gasteiger partial charge in [-0.05, 0) is 17.0 Å². The maximum absolute atomic E-state index is 13.4. The van der Waals surface area contributed by atoms with E-state index in [9.17, 15) is 27.2 Å². The predicted molar refractivity (Wildman–Crippen MR) is 70.7 cm³/mol. The topological polar surface area (TPSA) is 79.0 Å². The monoisotopic (exact) mass is 352 g/mol. The number of carbonyl (C=O) groups excluding carboxylic acids is 1. The third-order valence-corrected chi connectivity index (χ3v) is 3.82. The zero-order valence-electron chi connectivity index (χ0n) is 11.6. The highest BCUT2D eigenvalue weighted by Gasteiger charge is 2.22. The Balaban J connectivity index is 2.00. The minimum Gasteiger partial charge on any atom is -0.321 e. The summed E-state index contributed by atoms with van der Waals surface area (Å²) in [7, 11) is 1.51. The number of anilines is 1. The number of aryl methyl sites for hydroxylation is 1. The van der Waals surface area contributed by atoms with Gasteiger partial charge in [-0.25, -0.2) is 22.4 Å². The van der Waals surface area contributed by atoms with E-state index in [2.05, 4.69) is 9.79 Å². The molecule has 0 aliphatic rings. The van der Waals surface area contributed by atoms with E-state index >= 15 is 0 Å². The smallest absolute Gasteiger partial charge is 0.321 e. The molecular weight excluding hydrogens is 342 g/mol. The Morgan fingerprint density at radius 1 is 1.30 bits per heavy atom. The van der Waals surface area contributed by atoms with Crippen LogP contribution in [-0.2, 0) is 11.8 Å². The standard InChI is InChI=1S/C12H9F4N3O3S/c1-19-11(12(21)22-18-19)23-3-2-7(20)17-10-8(15)5(13)4-6(14)9(10)16/h4H,2-3H2,1H3,(H-,17,18,20,21)/p+1. The highest BCUT2D eigenvalue weighted by molar-refractivity contribution is 7.99. The van der Waals surface area contributed by atoms with Gasteiger partial charge in [0.2, 0.25) is 5.91 Å². The molecule has 0 saturated heterocycles. The second-order valence-corrected chi connectivity index (χ2v) is 5.42. The van der Waals surface area contributed by atoms with Crippen LogP contribution in [0.25, 0.3) is 0 Å². The van der Waals surface area contributed by atoms with Gasteiger partial charge in [-0.15, -0.1) is 0 Å². The molecule has 2 rings (SSSR count). The Bertz CT molecular complexity index is 779. The molecule has 0 saturated carbocycles. The highest BCUT2D eigenvalue weighted by Crippen LogP contribution is 2.24. The van der Waals surface area contributed by atoms with Crippen LogP contribution >= 0.6 is 11.8 Å². The largest absolute Gasteiger partial charge is 0.441 e. The zero-order valence-corrected chi connectivity index (χ0v) is 12.4. The van der Waals surface area contributed by atoms with Crippen LogP contribution in [0.5, 0.6) is 0 Å². The van der Waals surface area contributed by atoms with Gasteiger partial charge in [0.25, 0.3) is 0 Å². The summed E-state index contributed by atoms with van der Waals surface area (Å²) in [6.45, 7) is 0. The molecule has 2 N–H and O–H groups in total. The molecule has 0 unspecified atom stereocenters. The molecule has 0 radical (unpaired) electrons. The molecule has 1 aromatic carbocycles. The van der Waals surface area contributed by atoms with Crippen molar-refractivity contribution < 1.29 is 31.6 Å². The summed E-state index contributed by atoms with van der Waals surface area (Å²) in [5.74, 6) is -7.42. The van der Waals surface area contributed by atoms with Crippen LogP contribution in [0.15, 0.2) is 20.4 Å². The molecule has 6 nitrogen and oxygen atoms in total. The lowest BCUT2D eigenvalue weighted by Gasteiger charge is -2.08. The van der Waals surface area contributed by atoms with Crippen molar-refractivity contribution in [3.05, 3.63) is 39.8 Å². The summed E-state index contributed by atoms with van der Waals surface area (Å²) in [6.07, 6.45) is -0.258. The number of nitrogens with one attached hydrogen (secondary N) is 2. The number of rotatable bonds is 5. The molecule has 124 valence electrons. The molecule has 0 aliphatic heterocycles. The number of aromatic amines is 1. The van der Waals surface area contributed by atoms with Crippen LogP contribution in [0, 0.1) is 23.3 Å². The first kappa shape index (κ1) is 17.1. The van der Waals surface area contributed by atoms with Crippen molar-refractivity contribution >= 4 is 23.4 Å². The molecule has 2 aromatic rings. The second kappa shape index (κ2) is 6.86. The summed E-state index contributed by atoms with van der Waals surface area (Å²) >= 11 is 0.963. The lowest BCUT2D eigenvalue weighted by molar-refractivity contribution is -0.772. The minimum atomic E-state index is -1.69. The Kier molecular flexibility index (Phi) is 5.08. The first-order chi connectivity index (χ1) is 10.8. The molecule has 0 aliphatic carbocycles. The quantitative estimate of drug-likeness (QED) is 0.370. The lowest BCUT2D eigenvalue weighted by atomic mass is 10.2. The number of carbonyl (C=O) groups is 1. The summed E-state index contributed by atoms with van der Waals surface area (Å²) < 4.78 is 58.6. The summed E-state index contributed by atoms with van der Waals surface area (Å²) in [5.41, 5.74) is -1.83. The molecular formula is C12H10F4N3O3S+. The number of thioether (sulfide) groups is 1. The molecule has 0 fully saturated rings. The van der Waals surface area contributed by atoms with Crippen molar-refractivity contribution in [3.63, 3.8) is 0 Å². The van der Waals surface area contributed by atoms with Crippen LogP contribution in [0.4, 0.5) is 23.2 Å². The Morgan fingerprint density at radius 2 is 1.91 bits per heavy atom. The van der Waals surface area contributed by atoms with Gasteiger partial charge < -0.3 is 5.32 Å². The average Bonchev–Trinajstić information content (AvgIpc) is 2.81. The number of hydrogen-bond donors (Lipinski definition) is 2. The first-order valence-corrected chi connectivity index (χ1v) is 7.13. The van der Waals surface area contributed by atoms with Crippen LogP contribution in [0.3, 0.4) is 0 Å². The maximum atomic E-state index is 13.4. The summed E-state index contributed by atoms with van der Waals surface area (Å²) in [4.78, 5) is 22.9. The average molecular weight is 352 g/mol. The molecule has 0 bridgehead atoms. The number of amides is 1. The van der Waals surface area contributed by atoms with Crippen molar-refractivity contribution in [1.82, 2.24) is 5.27 Å². The van der Waals surface area contributed by atoms with Crippen molar-refractivity contribution in [2.75, 3.05) is 11.1 Å². The molecule has 1 heterocycles. The van der Waals surface area contributed by atoms with E-state index in [0.717, 1.165) is 11.8 Å². The highest BCUT2D eigenvalue weighted by atomic mass is 32.2. The molecule has 1 amide bonds. The van der Waals surface area contributed by atoms with Gasteiger partial charge in [-0.3, -0.25) is 9.32 Å². The number of benzene rings is 1. The van der Waals surface area contributed by atoms with Gasteiger partial charge in [-0.2, -0.15) is 0 Å². The number of nitrogens with zero attached hydrogens (tertiary/aromatic N) is 1. The van der Waals surface area contributed by atoms with Gasteiger partial charge in [-0.1, -0.05) is 4.68 Å². The second-order valence-electron chi connectivity index (χ2n) is 4.33. The number of aromatic nitrogens is 2. The maximum Gasteiger partial charge on any atom is 0.441 e. The lowest BCUT2D eigenvalue weighted by Crippen LogP contribution is -2.33. The molecule has 11 heteroatoms. The van der Waals surface area contributed by atoms with Crippen LogP contribution in [0.2, 0.25) is 0 Å². The van der Waals surface area contributed by atoms with Crippen molar-refractivity contribution in [1.29, 1.82) is 0 Å². The Labute approximate surface area is 130 Å². The van der Waals surface area contributed by atoms with Gasteiger partial charge in [0.15, 0.2) is 30.3 Å². The van der Waals surface area contributed by atoms with Gasteiger partial charge >= 0.3 is 10.7 Å². The molecule has 1 aromatic heterocycles. The fraction of sp³-hybridized carbons (Fsp3) is 0.250. The van der Waals surface area contributed by atoms with Crippen molar-refractivity contribution in [2.45, 2.75) is 11.4 Å². The van der Waals surface area contributed by atoms with E-state index in [1.807, 2.05) is 0 Å². The third kappa shape index (κ3) is 3.73. The third-order valence-electron chi connectivity index (χ3n) is 2.70. The number of halogens is 4. The normalized spacial score (nSPS) is 10.8. The number of hydrogen-bond acceptors (Lipinski definition) is 4. The van der Waals surface area contributed by atoms with Gasteiger partial charge in [0.1, 0.15) is 5.69 Å². The van der Waals surface area contributed by atoms with E-state index in [1.165, 1.54) is 11.7 Å². The summed E-state index contributed by atoms with van der Waals surface area (Å²) in [6, 6.07) is 0.0430. The predicted octanol–water partition coefficient (Wildman–Crippen LogP) is 1.47. The van der Waals surface area contributed by atoms with E-state index in [4.69, 9.17) is 0 Å². The molecule has 23 heavy (non-hydrogen) atoms. The van der Waals surface area contributed by atoms with E-state index in [1.54, 1.807) is 5.32 Å². The van der Waals surface area contributed by atoms with Gasteiger partial charge in [0.05, 0.1) is 0 Å². The van der Waals surface area contributed by atoms with E-state index < -0.39 is 40.5 Å². The van der Waals surface area contributed by atoms with E-state index in [-0.39, 0.29) is 23.3 Å². The van der Waals surface area contributed by atoms with Crippen molar-refractivity contribution in [2.24, 2.45) is 7.05 Å². The fourth-order valence-electron chi connectivity index (χ4n) is 1.61. The Morgan fingerprint density at radius 3 is 2.43 bits per heavy atom. The van der Waals surface area contributed by atoms with Crippen LogP contribution in [0.1, 0.15) is 6.42 Å². The van der Waals surface area contributed by atoms with Crippen molar-refractivity contribution in [3.8, 4) is 0 Å². The van der Waals surface area contributed by atoms with Crippen LogP contribution < -0.4 is 15.6 Å². The van der Waals surface area contributed by atoms with E-state index in [0.29, 0.717) is 0 Å². The molecule has 0 atom stereocenters. The SMILES string of the molecule is C[n+]1[nH]oc(=O)c1SCCC(=O)Nc1c(F)c(F)cc(F)c1F. The first-order valence-electron chi connectivity index (χ1n) is 6.14. The fourth-order valence-corrected chi connectivity index (χ4v) is 2.48. The zero-order chi connectivity index (χ0) is 17.1. The summed E-state index contributed by atoms with van der Waals surface area (Å²) in [5, 5.41) is 4.23. The number of H-pyrrole nitrogens is 1. The minimum absolute atomic E-state index is 0.0430. The van der Waals surface area contributed by atoms with Crippen LogP contribution in [-0.4, -0.2) is 16.9 Å².